The summed E-state index contributed by atoms with van der Waals surface area (Å²) in [6, 6.07) is 7.90. The quantitative estimate of drug-likeness (QED) is 0.745. The number of hydrogen-bond donors (Lipinski definition) is 2. The van der Waals surface area contributed by atoms with Crippen molar-refractivity contribution in [3.8, 4) is 0 Å². The van der Waals surface area contributed by atoms with E-state index in [1.807, 2.05) is 0 Å². The molecular weight excluding hydrogens is 392 g/mol. The van der Waals surface area contributed by atoms with Crippen LogP contribution in [0.1, 0.15) is 18.9 Å². The third-order valence-corrected chi connectivity index (χ3v) is 4.86. The highest BCUT2D eigenvalue weighted by atomic mass is 35.5. The Balaban J connectivity index is 1.79. The fourth-order valence-corrected chi connectivity index (χ4v) is 3.28. The molecular formula is C19H16ClF2N3O3. The third kappa shape index (κ3) is 3.55. The first-order chi connectivity index (χ1) is 13.3. The van der Waals surface area contributed by atoms with Gasteiger partial charge >= 0.3 is 6.03 Å². The molecule has 0 bridgehead atoms. The van der Waals surface area contributed by atoms with E-state index in [-0.39, 0.29) is 17.1 Å². The Bertz CT molecular complexity index is 952. The van der Waals surface area contributed by atoms with Crippen LogP contribution in [0.2, 0.25) is 5.02 Å². The molecule has 0 saturated carbocycles. The Morgan fingerprint density at radius 2 is 1.79 bits per heavy atom. The number of hydrogen-bond acceptors (Lipinski definition) is 3. The van der Waals surface area contributed by atoms with Crippen LogP contribution >= 0.6 is 11.6 Å². The van der Waals surface area contributed by atoms with E-state index in [2.05, 4.69) is 10.6 Å². The first kappa shape index (κ1) is 19.8. The van der Waals surface area contributed by atoms with E-state index < -0.39 is 41.6 Å². The Morgan fingerprint density at radius 3 is 2.39 bits per heavy atom. The zero-order valence-corrected chi connectivity index (χ0v) is 15.5. The lowest BCUT2D eigenvalue weighted by Crippen LogP contribution is -2.44. The zero-order valence-electron chi connectivity index (χ0n) is 14.8. The van der Waals surface area contributed by atoms with E-state index in [0.717, 1.165) is 17.0 Å². The molecule has 146 valence electrons. The van der Waals surface area contributed by atoms with Crippen LogP contribution in [-0.4, -0.2) is 29.3 Å². The van der Waals surface area contributed by atoms with E-state index in [1.165, 1.54) is 30.3 Å². The molecule has 1 unspecified atom stereocenters. The number of carbonyl (C=O) groups is 3. The molecule has 1 fully saturated rings. The number of halogens is 3. The van der Waals surface area contributed by atoms with Gasteiger partial charge in [0.15, 0.2) is 0 Å². The van der Waals surface area contributed by atoms with Crippen LogP contribution in [0.4, 0.5) is 19.3 Å². The van der Waals surface area contributed by atoms with Gasteiger partial charge in [-0.1, -0.05) is 30.7 Å². The SMILES string of the molecule is CCC1(c2ccc(F)cc2)NC(=O)N(CC(=O)Nc2ccc(F)cc2Cl)C1=O. The molecule has 0 aromatic heterocycles. The summed E-state index contributed by atoms with van der Waals surface area (Å²) in [6.45, 7) is 1.14. The van der Waals surface area contributed by atoms with Crippen molar-refractivity contribution in [1.82, 2.24) is 10.2 Å². The molecule has 1 heterocycles. The van der Waals surface area contributed by atoms with Gasteiger partial charge < -0.3 is 10.6 Å². The summed E-state index contributed by atoms with van der Waals surface area (Å²) in [5, 5.41) is 5.02. The lowest BCUT2D eigenvalue weighted by molar-refractivity contribution is -0.134. The average molecular weight is 408 g/mol. The highest BCUT2D eigenvalue weighted by molar-refractivity contribution is 6.33. The van der Waals surface area contributed by atoms with Gasteiger partial charge in [-0.2, -0.15) is 0 Å². The summed E-state index contributed by atoms with van der Waals surface area (Å²) in [4.78, 5) is 38.4. The average Bonchev–Trinajstić information content (AvgIpc) is 2.90. The van der Waals surface area contributed by atoms with Crippen LogP contribution in [0.3, 0.4) is 0 Å². The Morgan fingerprint density at radius 1 is 1.14 bits per heavy atom. The van der Waals surface area contributed by atoms with Crippen LogP contribution in [0.5, 0.6) is 0 Å². The van der Waals surface area contributed by atoms with Crippen LogP contribution in [0.15, 0.2) is 42.5 Å². The lowest BCUT2D eigenvalue weighted by Gasteiger charge is -2.25. The standard InChI is InChI=1S/C19H16ClF2N3O3/c1-2-19(11-3-5-12(21)6-4-11)17(27)25(18(28)24-19)10-16(26)23-15-8-7-13(22)9-14(15)20/h3-9H,2,10H2,1H3,(H,23,26)(H,24,28). The zero-order chi connectivity index (χ0) is 20.5. The first-order valence-corrected chi connectivity index (χ1v) is 8.79. The number of carbonyl (C=O) groups excluding carboxylic acids is 3. The van der Waals surface area contributed by atoms with Gasteiger partial charge in [0.2, 0.25) is 5.91 Å². The highest BCUT2D eigenvalue weighted by Crippen LogP contribution is 2.32. The smallest absolute Gasteiger partial charge is 0.323 e. The summed E-state index contributed by atoms with van der Waals surface area (Å²) in [5.41, 5.74) is -0.807. The van der Waals surface area contributed by atoms with Crippen LogP contribution < -0.4 is 10.6 Å². The van der Waals surface area contributed by atoms with Crippen LogP contribution in [0, 0.1) is 11.6 Å². The van der Waals surface area contributed by atoms with Crippen LogP contribution in [0.25, 0.3) is 0 Å². The molecule has 0 radical (unpaired) electrons. The highest BCUT2D eigenvalue weighted by Gasteiger charge is 2.51. The summed E-state index contributed by atoms with van der Waals surface area (Å²) >= 11 is 5.86. The Kier molecular flexibility index (Phi) is 5.33. The van der Waals surface area contributed by atoms with Crippen molar-refractivity contribution in [2.45, 2.75) is 18.9 Å². The molecule has 1 aliphatic rings. The van der Waals surface area contributed by atoms with Gasteiger partial charge in [0.25, 0.3) is 5.91 Å². The molecule has 9 heteroatoms. The number of amides is 4. The van der Waals surface area contributed by atoms with Gasteiger partial charge in [0.05, 0.1) is 10.7 Å². The molecule has 6 nitrogen and oxygen atoms in total. The number of benzene rings is 2. The second-order valence-corrected chi connectivity index (χ2v) is 6.67. The maximum Gasteiger partial charge on any atom is 0.325 e. The molecule has 3 rings (SSSR count). The minimum atomic E-state index is -1.38. The van der Waals surface area contributed by atoms with Crippen molar-refractivity contribution in [2.75, 3.05) is 11.9 Å². The topological polar surface area (TPSA) is 78.5 Å². The lowest BCUT2D eigenvalue weighted by atomic mass is 9.87. The van der Waals surface area contributed by atoms with Crippen molar-refractivity contribution in [2.24, 2.45) is 0 Å². The number of imide groups is 1. The number of nitrogens with zero attached hydrogens (tertiary/aromatic N) is 1. The predicted molar refractivity (Wildman–Crippen MR) is 98.7 cm³/mol. The van der Waals surface area contributed by atoms with Gasteiger partial charge in [0, 0.05) is 0 Å². The molecule has 28 heavy (non-hydrogen) atoms. The minimum Gasteiger partial charge on any atom is -0.323 e. The summed E-state index contributed by atoms with van der Waals surface area (Å²) in [6.07, 6.45) is 0.213. The number of anilines is 1. The molecule has 0 spiro atoms. The minimum absolute atomic E-state index is 0.0141. The van der Waals surface area contributed by atoms with E-state index in [9.17, 15) is 23.2 Å². The predicted octanol–water partition coefficient (Wildman–Crippen LogP) is 3.41. The molecule has 0 aliphatic carbocycles. The Labute approximate surface area is 164 Å². The molecule has 1 aliphatic heterocycles. The number of nitrogens with one attached hydrogen (secondary N) is 2. The van der Waals surface area contributed by atoms with E-state index in [4.69, 9.17) is 11.6 Å². The first-order valence-electron chi connectivity index (χ1n) is 8.42. The summed E-state index contributed by atoms with van der Waals surface area (Å²) < 4.78 is 26.3. The Hall–Kier alpha value is -3.00. The summed E-state index contributed by atoms with van der Waals surface area (Å²) in [5.74, 6) is -2.33. The van der Waals surface area contributed by atoms with Crippen molar-refractivity contribution in [3.63, 3.8) is 0 Å². The normalized spacial score (nSPS) is 18.9. The molecule has 2 aromatic rings. The third-order valence-electron chi connectivity index (χ3n) is 4.55. The van der Waals surface area contributed by atoms with E-state index in [1.54, 1.807) is 6.92 Å². The fraction of sp³-hybridized carbons (Fsp3) is 0.211. The number of urea groups is 1. The van der Waals surface area contributed by atoms with Gasteiger partial charge in [-0.3, -0.25) is 14.5 Å². The van der Waals surface area contributed by atoms with Crippen molar-refractivity contribution < 1.29 is 23.2 Å². The molecule has 4 amide bonds. The second kappa shape index (κ2) is 7.55. The molecule has 2 N–H and O–H groups in total. The van der Waals surface area contributed by atoms with Gasteiger partial charge in [-0.05, 0) is 42.3 Å². The van der Waals surface area contributed by atoms with Gasteiger partial charge in [-0.25, -0.2) is 13.6 Å². The van der Waals surface area contributed by atoms with E-state index in [0.29, 0.717) is 5.56 Å². The fourth-order valence-electron chi connectivity index (χ4n) is 3.07. The molecule has 1 saturated heterocycles. The number of rotatable bonds is 5. The molecule has 2 aromatic carbocycles. The molecule has 1 atom stereocenters. The van der Waals surface area contributed by atoms with Crippen LogP contribution in [-0.2, 0) is 15.1 Å². The van der Waals surface area contributed by atoms with Crippen molar-refractivity contribution >= 4 is 35.1 Å². The van der Waals surface area contributed by atoms with Crippen molar-refractivity contribution in [3.05, 3.63) is 64.7 Å². The largest absolute Gasteiger partial charge is 0.325 e. The maximum atomic E-state index is 13.2. The van der Waals surface area contributed by atoms with E-state index >= 15 is 0 Å². The van der Waals surface area contributed by atoms with Gasteiger partial charge in [-0.15, -0.1) is 0 Å². The second-order valence-electron chi connectivity index (χ2n) is 6.26. The summed E-state index contributed by atoms with van der Waals surface area (Å²) in [7, 11) is 0. The monoisotopic (exact) mass is 407 g/mol. The van der Waals surface area contributed by atoms with Gasteiger partial charge in [0.1, 0.15) is 23.7 Å². The van der Waals surface area contributed by atoms with Crippen molar-refractivity contribution in [1.29, 1.82) is 0 Å². The maximum absolute atomic E-state index is 13.2.